The molecular formula is C20H33N3O3. The van der Waals surface area contributed by atoms with E-state index in [4.69, 9.17) is 4.74 Å². The van der Waals surface area contributed by atoms with Crippen molar-refractivity contribution in [2.45, 2.75) is 45.6 Å². The molecule has 146 valence electrons. The van der Waals surface area contributed by atoms with Gasteiger partial charge < -0.3 is 25.0 Å². The first-order chi connectivity index (χ1) is 12.4. The largest absolute Gasteiger partial charge is 0.506 e. The molecule has 3 rings (SSSR count). The number of amides is 1. The van der Waals surface area contributed by atoms with Gasteiger partial charge in [-0.25, -0.2) is 4.79 Å². The van der Waals surface area contributed by atoms with Gasteiger partial charge in [0, 0.05) is 39.3 Å². The quantitative estimate of drug-likeness (QED) is 0.802. The van der Waals surface area contributed by atoms with Gasteiger partial charge in [0.1, 0.15) is 11.4 Å². The number of nitrogens with one attached hydrogen (secondary N) is 1. The summed E-state index contributed by atoms with van der Waals surface area (Å²) in [5.41, 5.74) is 0.582. The van der Waals surface area contributed by atoms with Crippen molar-refractivity contribution in [1.29, 1.82) is 0 Å². The summed E-state index contributed by atoms with van der Waals surface area (Å²) in [6.45, 7) is 11.3. The van der Waals surface area contributed by atoms with Crippen molar-refractivity contribution < 1.29 is 14.6 Å². The number of phenols is 1. The third-order valence-electron chi connectivity index (χ3n) is 4.35. The van der Waals surface area contributed by atoms with Crippen LogP contribution in [0.25, 0.3) is 0 Å². The third-order valence-corrected chi connectivity index (χ3v) is 4.35. The lowest BCUT2D eigenvalue weighted by Crippen LogP contribution is -2.43. The van der Waals surface area contributed by atoms with E-state index in [1.165, 1.54) is 6.42 Å². The zero-order chi connectivity index (χ0) is 19.0. The molecule has 2 N–H and O–H groups in total. The fourth-order valence-electron chi connectivity index (χ4n) is 3.04. The van der Waals surface area contributed by atoms with E-state index in [2.05, 4.69) is 10.2 Å². The summed E-state index contributed by atoms with van der Waals surface area (Å²) in [6.07, 6.45) is 3.30. The average molecular weight is 364 g/mol. The Morgan fingerprint density at radius 2 is 1.65 bits per heavy atom. The fraction of sp³-hybridized carbons (Fsp3) is 0.650. The number of piperazine rings is 1. The van der Waals surface area contributed by atoms with Crippen LogP contribution < -0.4 is 10.2 Å². The molecule has 26 heavy (non-hydrogen) atoms. The van der Waals surface area contributed by atoms with E-state index in [9.17, 15) is 9.90 Å². The molecule has 0 saturated carbocycles. The van der Waals surface area contributed by atoms with E-state index in [-0.39, 0.29) is 11.7 Å². The Balaban J connectivity index is 0.000000187. The van der Waals surface area contributed by atoms with Crippen molar-refractivity contribution in [3.05, 3.63) is 24.3 Å². The van der Waals surface area contributed by atoms with Crippen LogP contribution in [0.4, 0.5) is 10.5 Å². The Hall–Kier alpha value is -1.95. The maximum atomic E-state index is 11.5. The van der Waals surface area contributed by atoms with Crippen LogP contribution in [0, 0.1) is 0 Å². The van der Waals surface area contributed by atoms with Gasteiger partial charge in [-0.3, -0.25) is 0 Å². The number of carbonyl (C=O) groups is 1. The van der Waals surface area contributed by atoms with Gasteiger partial charge in [0.2, 0.25) is 0 Å². The standard InChI is InChI=1S/C10H14N2O.C10H19NO2/c13-10-4-2-1-3-9(10)12-7-5-11-6-8-12;1-10(2,3)13-9(12)11-7-5-4-6-8-11/h1-4,11,13H,5-8H2;4-8H2,1-3H3. The number of rotatable bonds is 1. The van der Waals surface area contributed by atoms with Gasteiger partial charge in [-0.2, -0.15) is 0 Å². The molecular weight excluding hydrogens is 330 g/mol. The SMILES string of the molecule is CC(C)(C)OC(=O)N1CCCCC1.Oc1ccccc1N1CCNCC1. The average Bonchev–Trinajstić information content (AvgIpc) is 2.63. The molecule has 1 aromatic carbocycles. The van der Waals surface area contributed by atoms with Crippen molar-refractivity contribution in [3.63, 3.8) is 0 Å². The van der Waals surface area contributed by atoms with Gasteiger partial charge in [-0.15, -0.1) is 0 Å². The minimum absolute atomic E-state index is 0.160. The first-order valence-electron chi connectivity index (χ1n) is 9.58. The molecule has 0 aromatic heterocycles. The molecule has 2 aliphatic rings. The smallest absolute Gasteiger partial charge is 0.410 e. The Morgan fingerprint density at radius 1 is 1.04 bits per heavy atom. The zero-order valence-electron chi connectivity index (χ0n) is 16.3. The molecule has 1 aromatic rings. The molecule has 6 heteroatoms. The summed E-state index contributed by atoms with van der Waals surface area (Å²) < 4.78 is 5.26. The first kappa shape index (κ1) is 20.4. The summed E-state index contributed by atoms with van der Waals surface area (Å²) in [6, 6.07) is 7.50. The van der Waals surface area contributed by atoms with Crippen LogP contribution in [0.5, 0.6) is 5.75 Å². The highest BCUT2D eigenvalue weighted by atomic mass is 16.6. The number of para-hydroxylation sites is 2. The molecule has 2 fully saturated rings. The van der Waals surface area contributed by atoms with Crippen LogP contribution in [-0.2, 0) is 4.74 Å². The molecule has 2 aliphatic heterocycles. The number of ether oxygens (including phenoxy) is 1. The van der Waals surface area contributed by atoms with Crippen LogP contribution in [0.15, 0.2) is 24.3 Å². The number of nitrogens with zero attached hydrogens (tertiary/aromatic N) is 2. The van der Waals surface area contributed by atoms with Gasteiger partial charge in [0.25, 0.3) is 0 Å². The van der Waals surface area contributed by atoms with Crippen molar-refractivity contribution in [2.24, 2.45) is 0 Å². The second kappa shape index (κ2) is 9.67. The molecule has 0 spiro atoms. The van der Waals surface area contributed by atoms with Crippen LogP contribution in [0.1, 0.15) is 40.0 Å². The maximum absolute atomic E-state index is 11.5. The molecule has 0 bridgehead atoms. The normalized spacial score (nSPS) is 18.0. The molecule has 2 heterocycles. The number of piperidine rings is 1. The summed E-state index contributed by atoms with van der Waals surface area (Å²) in [5, 5.41) is 12.9. The third kappa shape index (κ3) is 6.75. The lowest BCUT2D eigenvalue weighted by molar-refractivity contribution is 0.0216. The van der Waals surface area contributed by atoms with Gasteiger partial charge in [-0.05, 0) is 52.2 Å². The molecule has 0 aliphatic carbocycles. The first-order valence-corrected chi connectivity index (χ1v) is 9.58. The monoisotopic (exact) mass is 363 g/mol. The molecule has 0 radical (unpaired) electrons. The lowest BCUT2D eigenvalue weighted by atomic mass is 10.1. The number of phenolic OH excluding ortho intramolecular Hbond substituents is 1. The summed E-state index contributed by atoms with van der Waals surface area (Å²) in [7, 11) is 0. The second-order valence-corrected chi connectivity index (χ2v) is 7.75. The molecule has 0 atom stereocenters. The minimum Gasteiger partial charge on any atom is -0.506 e. The Labute approximate surface area is 157 Å². The zero-order valence-corrected chi connectivity index (χ0v) is 16.3. The van der Waals surface area contributed by atoms with Gasteiger partial charge >= 0.3 is 6.09 Å². The fourth-order valence-corrected chi connectivity index (χ4v) is 3.04. The molecule has 1 amide bonds. The topological polar surface area (TPSA) is 65.0 Å². The van der Waals surface area contributed by atoms with Crippen molar-refractivity contribution in [3.8, 4) is 5.75 Å². The number of hydrogen-bond acceptors (Lipinski definition) is 5. The van der Waals surface area contributed by atoms with E-state index in [0.717, 1.165) is 57.8 Å². The molecule has 2 saturated heterocycles. The Kier molecular flexibility index (Phi) is 7.57. The van der Waals surface area contributed by atoms with Gasteiger partial charge in [-0.1, -0.05) is 12.1 Å². The van der Waals surface area contributed by atoms with Crippen LogP contribution >= 0.6 is 0 Å². The van der Waals surface area contributed by atoms with Crippen molar-refractivity contribution in [2.75, 3.05) is 44.2 Å². The number of carbonyl (C=O) groups excluding carboxylic acids is 1. The predicted molar refractivity (Wildman–Crippen MR) is 105 cm³/mol. The van der Waals surface area contributed by atoms with Gasteiger partial charge in [0.05, 0.1) is 5.69 Å². The molecule has 6 nitrogen and oxygen atoms in total. The minimum atomic E-state index is -0.367. The number of anilines is 1. The number of likely N-dealkylation sites (tertiary alicyclic amines) is 1. The molecule has 0 unspecified atom stereocenters. The summed E-state index contributed by atoms with van der Waals surface area (Å²) in [5.74, 6) is 0.379. The highest BCUT2D eigenvalue weighted by molar-refractivity contribution is 5.68. The summed E-state index contributed by atoms with van der Waals surface area (Å²) in [4.78, 5) is 15.5. The van der Waals surface area contributed by atoms with Crippen LogP contribution in [0.3, 0.4) is 0 Å². The number of hydrogen-bond donors (Lipinski definition) is 2. The lowest BCUT2D eigenvalue weighted by Gasteiger charge is -2.29. The van der Waals surface area contributed by atoms with E-state index < -0.39 is 0 Å². The van der Waals surface area contributed by atoms with E-state index >= 15 is 0 Å². The summed E-state index contributed by atoms with van der Waals surface area (Å²) >= 11 is 0. The predicted octanol–water partition coefficient (Wildman–Crippen LogP) is 3.21. The van der Waals surface area contributed by atoms with Gasteiger partial charge in [0.15, 0.2) is 0 Å². The Bertz CT molecular complexity index is 560. The number of aromatic hydroxyl groups is 1. The van der Waals surface area contributed by atoms with E-state index in [0.29, 0.717) is 5.75 Å². The van der Waals surface area contributed by atoms with Crippen molar-refractivity contribution in [1.82, 2.24) is 10.2 Å². The Morgan fingerprint density at radius 3 is 2.23 bits per heavy atom. The van der Waals surface area contributed by atoms with Crippen LogP contribution in [-0.4, -0.2) is 61.0 Å². The second-order valence-electron chi connectivity index (χ2n) is 7.75. The number of benzene rings is 1. The van der Waals surface area contributed by atoms with E-state index in [1.807, 2.05) is 39.0 Å². The maximum Gasteiger partial charge on any atom is 0.410 e. The van der Waals surface area contributed by atoms with Crippen molar-refractivity contribution >= 4 is 11.8 Å². The van der Waals surface area contributed by atoms with Crippen LogP contribution in [0.2, 0.25) is 0 Å². The highest BCUT2D eigenvalue weighted by Crippen LogP contribution is 2.26. The van der Waals surface area contributed by atoms with E-state index in [1.54, 1.807) is 11.0 Å². The highest BCUT2D eigenvalue weighted by Gasteiger charge is 2.22.